The van der Waals surface area contributed by atoms with E-state index in [1.54, 1.807) is 0 Å². The molecule has 2 rings (SSSR count). The molecule has 1 atom stereocenters. The Morgan fingerprint density at radius 1 is 1.25 bits per heavy atom. The second-order valence-corrected chi connectivity index (χ2v) is 6.10. The maximum absolute atomic E-state index is 3.91. The van der Waals surface area contributed by atoms with Gasteiger partial charge in [0.05, 0.1) is 0 Å². The number of nitrogens with one attached hydrogen (secondary N) is 1. The monoisotopic (exact) mass is 271 g/mol. The standard InChI is InChI=1S/C19H29N/c1-3-5-13-18(20-16-4-2)19(14-9-10-15-19)17-11-7-6-8-12-17/h3,6-8,11-12,18,20H,1,4-5,9-10,13-16H2,2H3. The van der Waals surface area contributed by atoms with Crippen molar-refractivity contribution in [1.29, 1.82) is 0 Å². The van der Waals surface area contributed by atoms with Gasteiger partial charge in [-0.2, -0.15) is 0 Å². The Kier molecular flexibility index (Phi) is 5.85. The minimum absolute atomic E-state index is 0.347. The Morgan fingerprint density at radius 2 is 1.95 bits per heavy atom. The fraction of sp³-hybridized carbons (Fsp3) is 0.579. The Balaban J connectivity index is 2.25. The van der Waals surface area contributed by atoms with E-state index in [1.807, 2.05) is 0 Å². The van der Waals surface area contributed by atoms with E-state index in [2.05, 4.69) is 55.2 Å². The molecule has 1 heteroatoms. The molecule has 1 aromatic rings. The molecule has 1 aliphatic carbocycles. The van der Waals surface area contributed by atoms with Gasteiger partial charge >= 0.3 is 0 Å². The van der Waals surface area contributed by atoms with Crippen LogP contribution in [0.4, 0.5) is 0 Å². The Bertz CT molecular complexity index is 389. The third-order valence-corrected chi connectivity index (χ3v) is 4.81. The molecule has 0 amide bonds. The van der Waals surface area contributed by atoms with Crippen molar-refractivity contribution in [3.63, 3.8) is 0 Å². The number of allylic oxidation sites excluding steroid dienone is 1. The van der Waals surface area contributed by atoms with Gasteiger partial charge in [-0.05, 0) is 44.2 Å². The highest BCUT2D eigenvalue weighted by atomic mass is 14.9. The summed E-state index contributed by atoms with van der Waals surface area (Å²) in [4.78, 5) is 0. The highest BCUT2D eigenvalue weighted by Crippen LogP contribution is 2.45. The number of hydrogen-bond donors (Lipinski definition) is 1. The van der Waals surface area contributed by atoms with Crippen molar-refractivity contribution in [3.8, 4) is 0 Å². The van der Waals surface area contributed by atoms with Crippen molar-refractivity contribution in [3.05, 3.63) is 48.6 Å². The molecular formula is C19H29N. The first-order chi connectivity index (χ1) is 9.83. The molecule has 0 bridgehead atoms. The van der Waals surface area contributed by atoms with Crippen molar-refractivity contribution < 1.29 is 0 Å². The smallest absolute Gasteiger partial charge is 0.0167 e. The van der Waals surface area contributed by atoms with Gasteiger partial charge in [0, 0.05) is 11.5 Å². The van der Waals surface area contributed by atoms with Crippen molar-refractivity contribution in [2.75, 3.05) is 6.54 Å². The molecule has 0 heterocycles. The molecule has 1 fully saturated rings. The molecule has 1 saturated carbocycles. The van der Waals surface area contributed by atoms with Crippen molar-refractivity contribution in [2.45, 2.75) is 63.3 Å². The zero-order valence-electron chi connectivity index (χ0n) is 12.9. The highest BCUT2D eigenvalue weighted by molar-refractivity contribution is 5.29. The van der Waals surface area contributed by atoms with Crippen LogP contribution in [0.2, 0.25) is 0 Å². The molecule has 1 aromatic carbocycles. The quantitative estimate of drug-likeness (QED) is 0.668. The van der Waals surface area contributed by atoms with Crippen LogP contribution < -0.4 is 5.32 Å². The van der Waals surface area contributed by atoms with E-state index >= 15 is 0 Å². The molecule has 0 aliphatic heterocycles. The lowest BCUT2D eigenvalue weighted by molar-refractivity contribution is 0.282. The van der Waals surface area contributed by atoms with Crippen LogP contribution in [-0.2, 0) is 5.41 Å². The Labute approximate surface area is 124 Å². The van der Waals surface area contributed by atoms with E-state index < -0.39 is 0 Å². The van der Waals surface area contributed by atoms with Crippen LogP contribution in [-0.4, -0.2) is 12.6 Å². The maximum atomic E-state index is 3.91. The number of benzene rings is 1. The molecule has 0 saturated heterocycles. The summed E-state index contributed by atoms with van der Waals surface area (Å²) >= 11 is 0. The SMILES string of the molecule is C=CCCC(NCCC)C1(c2ccccc2)CCCC1. The predicted molar refractivity (Wildman–Crippen MR) is 88.1 cm³/mol. The van der Waals surface area contributed by atoms with Gasteiger partial charge in [0.1, 0.15) is 0 Å². The van der Waals surface area contributed by atoms with Crippen molar-refractivity contribution in [2.24, 2.45) is 0 Å². The van der Waals surface area contributed by atoms with Gasteiger partial charge in [-0.15, -0.1) is 6.58 Å². The highest BCUT2D eigenvalue weighted by Gasteiger charge is 2.41. The molecule has 0 spiro atoms. The lowest BCUT2D eigenvalue weighted by Crippen LogP contribution is -2.47. The van der Waals surface area contributed by atoms with Crippen LogP contribution in [0.25, 0.3) is 0 Å². The van der Waals surface area contributed by atoms with Crippen LogP contribution >= 0.6 is 0 Å². The fourth-order valence-corrected chi connectivity index (χ4v) is 3.79. The molecule has 1 unspecified atom stereocenters. The van der Waals surface area contributed by atoms with E-state index in [9.17, 15) is 0 Å². The lowest BCUT2D eigenvalue weighted by atomic mass is 9.71. The normalized spacial score (nSPS) is 18.9. The summed E-state index contributed by atoms with van der Waals surface area (Å²) in [5, 5.41) is 3.84. The summed E-state index contributed by atoms with van der Waals surface area (Å²) in [6, 6.07) is 11.8. The van der Waals surface area contributed by atoms with Crippen LogP contribution in [0.15, 0.2) is 43.0 Å². The van der Waals surface area contributed by atoms with E-state index in [4.69, 9.17) is 0 Å². The van der Waals surface area contributed by atoms with Gasteiger partial charge in [0.25, 0.3) is 0 Å². The predicted octanol–water partition coefficient (Wildman–Crippen LogP) is 4.83. The average molecular weight is 271 g/mol. The third kappa shape index (κ3) is 3.32. The van der Waals surface area contributed by atoms with Gasteiger partial charge in [0.2, 0.25) is 0 Å². The fourth-order valence-electron chi connectivity index (χ4n) is 3.79. The van der Waals surface area contributed by atoms with Crippen molar-refractivity contribution >= 4 is 0 Å². The minimum Gasteiger partial charge on any atom is -0.313 e. The number of rotatable bonds is 8. The zero-order valence-corrected chi connectivity index (χ0v) is 12.9. The molecule has 110 valence electrons. The minimum atomic E-state index is 0.347. The summed E-state index contributed by atoms with van der Waals surface area (Å²) in [6.45, 7) is 7.28. The van der Waals surface area contributed by atoms with Crippen LogP contribution in [0.5, 0.6) is 0 Å². The second-order valence-electron chi connectivity index (χ2n) is 6.10. The van der Waals surface area contributed by atoms with E-state index in [-0.39, 0.29) is 0 Å². The molecule has 1 nitrogen and oxygen atoms in total. The Morgan fingerprint density at radius 3 is 2.55 bits per heavy atom. The summed E-state index contributed by atoms with van der Waals surface area (Å²) < 4.78 is 0. The van der Waals surface area contributed by atoms with E-state index in [1.165, 1.54) is 44.1 Å². The van der Waals surface area contributed by atoms with Gasteiger partial charge in [-0.1, -0.05) is 56.2 Å². The van der Waals surface area contributed by atoms with E-state index in [0.29, 0.717) is 11.5 Å². The molecule has 0 radical (unpaired) electrons. The first-order valence-electron chi connectivity index (χ1n) is 8.23. The van der Waals surface area contributed by atoms with E-state index in [0.717, 1.165) is 13.0 Å². The van der Waals surface area contributed by atoms with Gasteiger partial charge in [0.15, 0.2) is 0 Å². The summed E-state index contributed by atoms with van der Waals surface area (Å²) in [6.07, 6.45) is 11.0. The molecule has 1 N–H and O–H groups in total. The average Bonchev–Trinajstić information content (AvgIpc) is 2.99. The zero-order chi connectivity index (χ0) is 14.3. The summed E-state index contributed by atoms with van der Waals surface area (Å²) in [5.74, 6) is 0. The number of hydrogen-bond acceptors (Lipinski definition) is 1. The van der Waals surface area contributed by atoms with Crippen LogP contribution in [0, 0.1) is 0 Å². The molecule has 0 aromatic heterocycles. The molecule has 20 heavy (non-hydrogen) atoms. The lowest BCUT2D eigenvalue weighted by Gasteiger charge is -2.39. The molecule has 1 aliphatic rings. The summed E-state index contributed by atoms with van der Waals surface area (Å²) in [5.41, 5.74) is 1.88. The van der Waals surface area contributed by atoms with Gasteiger partial charge < -0.3 is 5.32 Å². The van der Waals surface area contributed by atoms with Crippen LogP contribution in [0.1, 0.15) is 57.4 Å². The van der Waals surface area contributed by atoms with Crippen LogP contribution in [0.3, 0.4) is 0 Å². The van der Waals surface area contributed by atoms with Gasteiger partial charge in [-0.25, -0.2) is 0 Å². The van der Waals surface area contributed by atoms with Gasteiger partial charge in [-0.3, -0.25) is 0 Å². The first kappa shape index (κ1) is 15.3. The topological polar surface area (TPSA) is 12.0 Å². The second kappa shape index (κ2) is 7.64. The summed E-state index contributed by atoms with van der Waals surface area (Å²) in [7, 11) is 0. The largest absolute Gasteiger partial charge is 0.313 e. The molecular weight excluding hydrogens is 242 g/mol. The Hall–Kier alpha value is -1.08. The maximum Gasteiger partial charge on any atom is 0.0167 e. The van der Waals surface area contributed by atoms with Crippen molar-refractivity contribution in [1.82, 2.24) is 5.32 Å². The first-order valence-corrected chi connectivity index (χ1v) is 8.23. The third-order valence-electron chi connectivity index (χ3n) is 4.81.